The van der Waals surface area contributed by atoms with Crippen LogP contribution in [0.3, 0.4) is 0 Å². The molecule has 0 unspecified atom stereocenters. The molecule has 6 heteroatoms. The van der Waals surface area contributed by atoms with Gasteiger partial charge >= 0.3 is 0 Å². The second kappa shape index (κ2) is 5.21. The van der Waals surface area contributed by atoms with Gasteiger partial charge in [0.1, 0.15) is 5.84 Å². The molecule has 5 nitrogen and oxygen atoms in total. The Morgan fingerprint density at radius 3 is 2.93 bits per heavy atom. The Bertz CT molecular complexity index is 393. The van der Waals surface area contributed by atoms with E-state index in [0.717, 1.165) is 0 Å². The van der Waals surface area contributed by atoms with Crippen molar-refractivity contribution in [3.63, 3.8) is 0 Å². The number of rotatable bonds is 3. The summed E-state index contributed by atoms with van der Waals surface area (Å²) < 4.78 is 0. The average molecular weight is 228 g/mol. The quantitative estimate of drug-likeness (QED) is 0.316. The van der Waals surface area contributed by atoms with Gasteiger partial charge in [0.2, 0.25) is 5.91 Å². The second-order valence-electron chi connectivity index (χ2n) is 2.83. The summed E-state index contributed by atoms with van der Waals surface area (Å²) in [6.45, 7) is 0. The maximum atomic E-state index is 11.3. The van der Waals surface area contributed by atoms with Crippen LogP contribution in [0.2, 0.25) is 5.02 Å². The third kappa shape index (κ3) is 3.86. The van der Waals surface area contributed by atoms with Crippen LogP contribution in [0, 0.1) is 0 Å². The van der Waals surface area contributed by atoms with Gasteiger partial charge in [0, 0.05) is 10.7 Å². The fraction of sp³-hybridized carbons (Fsp3) is 0.111. The molecule has 0 aliphatic carbocycles. The molecule has 15 heavy (non-hydrogen) atoms. The van der Waals surface area contributed by atoms with Crippen molar-refractivity contribution in [1.82, 2.24) is 0 Å². The van der Waals surface area contributed by atoms with E-state index < -0.39 is 0 Å². The van der Waals surface area contributed by atoms with Crippen LogP contribution in [-0.4, -0.2) is 17.0 Å². The number of oxime groups is 1. The highest BCUT2D eigenvalue weighted by Crippen LogP contribution is 2.14. The molecule has 0 saturated carbocycles. The Balaban J connectivity index is 2.59. The molecule has 80 valence electrons. The van der Waals surface area contributed by atoms with E-state index in [1.54, 1.807) is 24.3 Å². The molecule has 0 aliphatic rings. The lowest BCUT2D eigenvalue weighted by Gasteiger charge is -2.04. The summed E-state index contributed by atoms with van der Waals surface area (Å²) >= 11 is 5.72. The maximum absolute atomic E-state index is 11.3. The molecule has 0 fully saturated rings. The summed E-state index contributed by atoms with van der Waals surface area (Å²) in [7, 11) is 0. The van der Waals surface area contributed by atoms with Crippen LogP contribution in [0.25, 0.3) is 0 Å². The van der Waals surface area contributed by atoms with Crippen LogP contribution >= 0.6 is 11.6 Å². The summed E-state index contributed by atoms with van der Waals surface area (Å²) in [5.74, 6) is -0.512. The van der Waals surface area contributed by atoms with Gasteiger partial charge in [0.15, 0.2) is 0 Å². The van der Waals surface area contributed by atoms with E-state index in [2.05, 4.69) is 10.5 Å². The molecule has 4 N–H and O–H groups in total. The predicted molar refractivity (Wildman–Crippen MR) is 58.1 cm³/mol. The van der Waals surface area contributed by atoms with Crippen LogP contribution in [0.1, 0.15) is 6.42 Å². The molecule has 0 bridgehead atoms. The number of nitrogens with one attached hydrogen (secondary N) is 1. The number of nitrogens with two attached hydrogens (primary N) is 1. The van der Waals surface area contributed by atoms with Crippen molar-refractivity contribution < 1.29 is 10.0 Å². The number of anilines is 1. The lowest BCUT2D eigenvalue weighted by molar-refractivity contribution is -0.115. The second-order valence-corrected chi connectivity index (χ2v) is 3.26. The first-order valence-corrected chi connectivity index (χ1v) is 4.51. The number of carbonyl (C=O) groups excluding carboxylic acids is 1. The van der Waals surface area contributed by atoms with E-state index in [0.29, 0.717) is 10.7 Å². The van der Waals surface area contributed by atoms with Crippen molar-refractivity contribution in [2.75, 3.05) is 5.32 Å². The van der Waals surface area contributed by atoms with Crippen molar-refractivity contribution >= 4 is 29.0 Å². The van der Waals surface area contributed by atoms with Crippen LogP contribution in [0.15, 0.2) is 29.4 Å². The Morgan fingerprint density at radius 2 is 2.33 bits per heavy atom. The van der Waals surface area contributed by atoms with E-state index in [1.165, 1.54) is 0 Å². The Kier molecular flexibility index (Phi) is 3.93. The van der Waals surface area contributed by atoms with Crippen LogP contribution in [-0.2, 0) is 4.79 Å². The Labute approximate surface area is 91.5 Å². The van der Waals surface area contributed by atoms with Gasteiger partial charge in [-0.3, -0.25) is 4.79 Å². The SMILES string of the molecule is N/C(CC(=O)Nc1cccc(Cl)c1)=N/O. The molecule has 0 aliphatic heterocycles. The van der Waals surface area contributed by atoms with E-state index in [4.69, 9.17) is 22.5 Å². The first kappa shape index (κ1) is 11.3. The molecule has 0 aromatic heterocycles. The molecule has 0 saturated heterocycles. The van der Waals surface area contributed by atoms with Crippen molar-refractivity contribution in [3.8, 4) is 0 Å². The monoisotopic (exact) mass is 227 g/mol. The first-order valence-electron chi connectivity index (χ1n) is 4.13. The molecule has 0 heterocycles. The number of halogens is 1. The third-order valence-electron chi connectivity index (χ3n) is 1.58. The van der Waals surface area contributed by atoms with E-state index in [1.807, 2.05) is 0 Å². The number of carbonyl (C=O) groups is 1. The lowest BCUT2D eigenvalue weighted by Crippen LogP contribution is -2.21. The van der Waals surface area contributed by atoms with Crippen LogP contribution < -0.4 is 11.1 Å². The maximum Gasteiger partial charge on any atom is 0.232 e. The Morgan fingerprint density at radius 1 is 1.60 bits per heavy atom. The summed E-state index contributed by atoms with van der Waals surface area (Å²) in [6.07, 6.45) is -0.164. The van der Waals surface area contributed by atoms with E-state index in [-0.39, 0.29) is 18.2 Å². The first-order chi connectivity index (χ1) is 7.11. The van der Waals surface area contributed by atoms with Gasteiger partial charge < -0.3 is 16.3 Å². The molecular formula is C9H10ClN3O2. The van der Waals surface area contributed by atoms with Gasteiger partial charge in [-0.25, -0.2) is 0 Å². The minimum atomic E-state index is -0.368. The minimum absolute atomic E-state index is 0.144. The van der Waals surface area contributed by atoms with Gasteiger partial charge in [-0.2, -0.15) is 0 Å². The predicted octanol–water partition coefficient (Wildman–Crippen LogP) is 1.41. The standard InChI is InChI=1S/C9H10ClN3O2/c10-6-2-1-3-7(4-6)12-9(14)5-8(11)13-15/h1-4,15H,5H2,(H2,11,13)(H,12,14). The summed E-state index contributed by atoms with van der Waals surface area (Å²) in [4.78, 5) is 11.3. The highest BCUT2D eigenvalue weighted by atomic mass is 35.5. The van der Waals surface area contributed by atoms with Crippen molar-refractivity contribution in [1.29, 1.82) is 0 Å². The number of hydrogen-bond acceptors (Lipinski definition) is 3. The Hall–Kier alpha value is -1.75. The van der Waals surface area contributed by atoms with Crippen LogP contribution in [0.5, 0.6) is 0 Å². The van der Waals surface area contributed by atoms with Crippen molar-refractivity contribution in [2.45, 2.75) is 6.42 Å². The molecule has 0 radical (unpaired) electrons. The number of nitrogens with zero attached hydrogens (tertiary/aromatic N) is 1. The highest BCUT2D eigenvalue weighted by Gasteiger charge is 2.05. The largest absolute Gasteiger partial charge is 0.409 e. The van der Waals surface area contributed by atoms with Crippen molar-refractivity contribution in [2.24, 2.45) is 10.9 Å². The van der Waals surface area contributed by atoms with E-state index in [9.17, 15) is 4.79 Å². The zero-order valence-electron chi connectivity index (χ0n) is 7.77. The van der Waals surface area contributed by atoms with E-state index >= 15 is 0 Å². The van der Waals surface area contributed by atoms with Crippen molar-refractivity contribution in [3.05, 3.63) is 29.3 Å². The molecule has 1 rings (SSSR count). The number of amides is 1. The summed E-state index contributed by atoms with van der Waals surface area (Å²) in [6, 6.07) is 6.70. The zero-order chi connectivity index (χ0) is 11.3. The smallest absolute Gasteiger partial charge is 0.232 e. The molecule has 1 aromatic rings. The topological polar surface area (TPSA) is 87.7 Å². The van der Waals surface area contributed by atoms with Gasteiger partial charge in [0.25, 0.3) is 0 Å². The number of hydrogen-bond donors (Lipinski definition) is 3. The fourth-order valence-electron chi connectivity index (χ4n) is 0.971. The normalized spacial score (nSPS) is 11.1. The molecule has 1 amide bonds. The molecular weight excluding hydrogens is 218 g/mol. The molecule has 0 atom stereocenters. The lowest BCUT2D eigenvalue weighted by atomic mass is 10.3. The minimum Gasteiger partial charge on any atom is -0.409 e. The van der Waals surface area contributed by atoms with Gasteiger partial charge in [0.05, 0.1) is 6.42 Å². The highest BCUT2D eigenvalue weighted by molar-refractivity contribution is 6.30. The fourth-order valence-corrected chi connectivity index (χ4v) is 1.16. The summed E-state index contributed by atoms with van der Waals surface area (Å²) in [5.41, 5.74) is 5.74. The van der Waals surface area contributed by atoms with Crippen LogP contribution in [0.4, 0.5) is 5.69 Å². The number of amidine groups is 1. The third-order valence-corrected chi connectivity index (χ3v) is 1.81. The number of benzene rings is 1. The molecule has 1 aromatic carbocycles. The average Bonchev–Trinajstić information content (AvgIpc) is 2.17. The summed E-state index contributed by atoms with van der Waals surface area (Å²) in [5, 5.41) is 14.0. The van der Waals surface area contributed by atoms with Gasteiger partial charge in [-0.05, 0) is 18.2 Å². The van der Waals surface area contributed by atoms with Gasteiger partial charge in [-0.1, -0.05) is 22.8 Å². The molecule has 0 spiro atoms. The zero-order valence-corrected chi connectivity index (χ0v) is 8.53. The van der Waals surface area contributed by atoms with Gasteiger partial charge in [-0.15, -0.1) is 0 Å².